The number of aliphatic hydroxyl groups is 1. The average Bonchev–Trinajstić information content (AvgIpc) is 3.08. The second-order valence-electron chi connectivity index (χ2n) is 5.08. The van der Waals surface area contributed by atoms with E-state index in [9.17, 15) is 9.90 Å². The van der Waals surface area contributed by atoms with Crippen LogP contribution in [-0.2, 0) is 4.79 Å². The Hall–Kier alpha value is -1.56. The van der Waals surface area contributed by atoms with Crippen LogP contribution in [0.3, 0.4) is 0 Å². The largest absolute Gasteiger partial charge is 0.378 e. The van der Waals surface area contributed by atoms with Crippen molar-refractivity contribution in [3.05, 3.63) is 45.1 Å². The molecule has 2 unspecified atom stereocenters. The summed E-state index contributed by atoms with van der Waals surface area (Å²) < 4.78 is 0. The van der Waals surface area contributed by atoms with Gasteiger partial charge in [-0.1, -0.05) is 17.7 Å². The molecule has 1 aliphatic rings. The highest BCUT2D eigenvalue weighted by atomic mass is 35.5. The zero-order chi connectivity index (χ0) is 15.1. The number of fused-ring (bicyclic) bond motifs is 1. The van der Waals surface area contributed by atoms with E-state index in [0.29, 0.717) is 16.3 Å². The standard InChI is InChI=1S/C15H15ClN2O2S/c1-8(13-4-3-5-21-13)18(2)12-7-11-9(6-10(12)16)14(19)15(20)17-11/h3-8,14,19H,1-2H3,(H,17,20). The van der Waals surface area contributed by atoms with Gasteiger partial charge in [0, 0.05) is 23.2 Å². The second kappa shape index (κ2) is 5.33. The van der Waals surface area contributed by atoms with Gasteiger partial charge in [-0.3, -0.25) is 4.79 Å². The van der Waals surface area contributed by atoms with Crippen molar-refractivity contribution in [3.63, 3.8) is 0 Å². The van der Waals surface area contributed by atoms with E-state index in [-0.39, 0.29) is 6.04 Å². The molecule has 1 aliphatic heterocycles. The van der Waals surface area contributed by atoms with E-state index in [4.69, 9.17) is 11.6 Å². The lowest BCUT2D eigenvalue weighted by Crippen LogP contribution is -2.21. The molecule has 3 rings (SSSR count). The van der Waals surface area contributed by atoms with Crippen molar-refractivity contribution in [2.75, 3.05) is 17.3 Å². The lowest BCUT2D eigenvalue weighted by molar-refractivity contribution is -0.123. The summed E-state index contributed by atoms with van der Waals surface area (Å²) in [5.41, 5.74) is 1.98. The molecule has 0 saturated heterocycles. The first kappa shape index (κ1) is 14.4. The fourth-order valence-corrected chi connectivity index (χ4v) is 3.58. The molecule has 0 aliphatic carbocycles. The van der Waals surface area contributed by atoms with E-state index >= 15 is 0 Å². The number of nitrogens with zero attached hydrogens (tertiary/aromatic N) is 1. The van der Waals surface area contributed by atoms with Crippen LogP contribution in [0.2, 0.25) is 5.02 Å². The van der Waals surface area contributed by atoms with Gasteiger partial charge in [0.1, 0.15) is 0 Å². The van der Waals surface area contributed by atoms with E-state index in [1.807, 2.05) is 24.6 Å². The minimum atomic E-state index is -1.13. The van der Waals surface area contributed by atoms with Gasteiger partial charge in [-0.15, -0.1) is 11.3 Å². The van der Waals surface area contributed by atoms with Gasteiger partial charge in [-0.25, -0.2) is 0 Å². The Morgan fingerprint density at radius 1 is 1.48 bits per heavy atom. The minimum Gasteiger partial charge on any atom is -0.378 e. The summed E-state index contributed by atoms with van der Waals surface area (Å²) in [6.07, 6.45) is -1.13. The average molecular weight is 323 g/mol. The van der Waals surface area contributed by atoms with Crippen molar-refractivity contribution in [2.24, 2.45) is 0 Å². The van der Waals surface area contributed by atoms with Gasteiger partial charge in [0.15, 0.2) is 6.10 Å². The summed E-state index contributed by atoms with van der Waals surface area (Å²) in [5, 5.41) is 15.0. The number of hydrogen-bond donors (Lipinski definition) is 2. The van der Waals surface area contributed by atoms with Gasteiger partial charge in [-0.05, 0) is 30.5 Å². The van der Waals surface area contributed by atoms with Gasteiger partial charge in [-0.2, -0.15) is 0 Å². The summed E-state index contributed by atoms with van der Waals surface area (Å²) in [6.45, 7) is 2.10. The predicted molar refractivity (Wildman–Crippen MR) is 86.2 cm³/mol. The number of halogens is 1. The highest BCUT2D eigenvalue weighted by Crippen LogP contribution is 2.40. The molecular formula is C15H15ClN2O2S. The second-order valence-corrected chi connectivity index (χ2v) is 6.47. The monoisotopic (exact) mass is 322 g/mol. The summed E-state index contributed by atoms with van der Waals surface area (Å²) in [7, 11) is 1.96. The van der Waals surface area contributed by atoms with Crippen molar-refractivity contribution >= 4 is 40.2 Å². The molecule has 0 spiro atoms. The maximum atomic E-state index is 11.5. The fourth-order valence-electron chi connectivity index (χ4n) is 2.45. The van der Waals surface area contributed by atoms with Crippen molar-refractivity contribution in [1.29, 1.82) is 0 Å². The number of amides is 1. The van der Waals surface area contributed by atoms with Gasteiger partial charge >= 0.3 is 0 Å². The summed E-state index contributed by atoms with van der Waals surface area (Å²) in [4.78, 5) is 14.8. The lowest BCUT2D eigenvalue weighted by atomic mass is 10.1. The van der Waals surface area contributed by atoms with Crippen LogP contribution in [0.1, 0.15) is 29.5 Å². The van der Waals surface area contributed by atoms with Gasteiger partial charge in [0.25, 0.3) is 5.91 Å². The number of nitrogens with one attached hydrogen (secondary N) is 1. The third-order valence-corrected chi connectivity index (χ3v) is 5.18. The van der Waals surface area contributed by atoms with Crippen molar-refractivity contribution in [3.8, 4) is 0 Å². The van der Waals surface area contributed by atoms with Crippen LogP contribution in [0.15, 0.2) is 29.6 Å². The first-order valence-electron chi connectivity index (χ1n) is 6.57. The van der Waals surface area contributed by atoms with Gasteiger partial charge < -0.3 is 15.3 Å². The molecule has 1 aromatic heterocycles. The third-order valence-electron chi connectivity index (χ3n) is 3.84. The molecule has 1 aromatic carbocycles. The Labute approximate surface area is 132 Å². The minimum absolute atomic E-state index is 0.169. The molecular weight excluding hydrogens is 308 g/mol. The van der Waals surface area contributed by atoms with Crippen molar-refractivity contribution < 1.29 is 9.90 Å². The number of benzene rings is 1. The number of hydrogen-bond acceptors (Lipinski definition) is 4. The van der Waals surface area contributed by atoms with Crippen molar-refractivity contribution in [1.82, 2.24) is 0 Å². The number of anilines is 2. The zero-order valence-electron chi connectivity index (χ0n) is 11.6. The van der Waals surface area contributed by atoms with Crippen LogP contribution in [0.5, 0.6) is 0 Å². The molecule has 2 atom stereocenters. The summed E-state index contributed by atoms with van der Waals surface area (Å²) in [5.74, 6) is -0.410. The van der Waals surface area contributed by atoms with Crippen molar-refractivity contribution in [2.45, 2.75) is 19.1 Å². The molecule has 110 valence electrons. The molecule has 21 heavy (non-hydrogen) atoms. The molecule has 1 amide bonds. The first-order chi connectivity index (χ1) is 9.99. The van der Waals surface area contributed by atoms with Crippen LogP contribution >= 0.6 is 22.9 Å². The number of carbonyl (C=O) groups excluding carboxylic acids is 1. The smallest absolute Gasteiger partial charge is 0.257 e. The Morgan fingerprint density at radius 2 is 2.24 bits per heavy atom. The Morgan fingerprint density at radius 3 is 2.90 bits per heavy atom. The van der Waals surface area contributed by atoms with E-state index < -0.39 is 12.0 Å². The van der Waals surface area contributed by atoms with E-state index in [2.05, 4.69) is 23.2 Å². The zero-order valence-corrected chi connectivity index (χ0v) is 13.2. The predicted octanol–water partition coefficient (Wildman–Crippen LogP) is 3.58. The molecule has 4 nitrogen and oxygen atoms in total. The van der Waals surface area contributed by atoms with Crippen LogP contribution in [0.4, 0.5) is 11.4 Å². The van der Waals surface area contributed by atoms with Crippen LogP contribution in [-0.4, -0.2) is 18.1 Å². The van der Waals surface area contributed by atoms with E-state index in [1.54, 1.807) is 17.4 Å². The van der Waals surface area contributed by atoms with Crippen LogP contribution in [0, 0.1) is 0 Å². The lowest BCUT2D eigenvalue weighted by Gasteiger charge is -2.27. The molecule has 0 radical (unpaired) electrons. The molecule has 0 fully saturated rings. The van der Waals surface area contributed by atoms with Crippen LogP contribution < -0.4 is 10.2 Å². The number of rotatable bonds is 3. The summed E-state index contributed by atoms with van der Waals surface area (Å²) >= 11 is 8.02. The SMILES string of the molecule is CC(c1cccs1)N(C)c1cc2c(cc1Cl)C(O)C(=O)N2. The third kappa shape index (κ3) is 2.41. The Kier molecular flexibility index (Phi) is 3.65. The number of thiophene rings is 1. The topological polar surface area (TPSA) is 52.6 Å². The summed E-state index contributed by atoms with van der Waals surface area (Å²) in [6, 6.07) is 7.74. The maximum Gasteiger partial charge on any atom is 0.257 e. The maximum absolute atomic E-state index is 11.5. The van der Waals surface area contributed by atoms with E-state index in [1.165, 1.54) is 4.88 Å². The number of aliphatic hydroxyl groups excluding tert-OH is 1. The Balaban J connectivity index is 1.97. The molecule has 6 heteroatoms. The molecule has 2 N–H and O–H groups in total. The quantitative estimate of drug-likeness (QED) is 0.908. The highest BCUT2D eigenvalue weighted by Gasteiger charge is 2.30. The molecule has 2 aromatic rings. The number of carbonyl (C=O) groups is 1. The highest BCUT2D eigenvalue weighted by molar-refractivity contribution is 7.10. The van der Waals surface area contributed by atoms with E-state index in [0.717, 1.165) is 5.69 Å². The van der Waals surface area contributed by atoms with Crippen LogP contribution in [0.25, 0.3) is 0 Å². The van der Waals surface area contributed by atoms with Gasteiger partial charge in [0.05, 0.1) is 16.8 Å². The normalized spacial score (nSPS) is 18.3. The molecule has 2 heterocycles. The Bertz CT molecular complexity index is 687. The molecule has 0 saturated carbocycles. The fraction of sp³-hybridized carbons (Fsp3) is 0.267. The van der Waals surface area contributed by atoms with Gasteiger partial charge in [0.2, 0.25) is 0 Å². The first-order valence-corrected chi connectivity index (χ1v) is 7.83. The molecule has 0 bridgehead atoms.